The van der Waals surface area contributed by atoms with Gasteiger partial charge in [-0.05, 0) is 12.1 Å². The highest BCUT2D eigenvalue weighted by Gasteiger charge is 2.19. The average molecular weight is 237 g/mol. The van der Waals surface area contributed by atoms with Crippen LogP contribution in [0.2, 0.25) is 0 Å². The summed E-state index contributed by atoms with van der Waals surface area (Å²) in [5, 5.41) is 18.2. The summed E-state index contributed by atoms with van der Waals surface area (Å²) in [6, 6.07) is 5.92. The highest BCUT2D eigenvalue weighted by molar-refractivity contribution is 5.38. The van der Waals surface area contributed by atoms with Crippen molar-refractivity contribution in [1.29, 1.82) is 0 Å². The van der Waals surface area contributed by atoms with E-state index in [2.05, 4.69) is 14.8 Å². The summed E-state index contributed by atoms with van der Waals surface area (Å²) >= 11 is 0. The lowest BCUT2D eigenvalue weighted by Gasteiger charge is -2.36. The Kier molecular flexibility index (Phi) is 4.30. The van der Waals surface area contributed by atoms with Gasteiger partial charge in [-0.2, -0.15) is 0 Å². The number of aromatic nitrogens is 1. The predicted molar refractivity (Wildman–Crippen MR) is 66.0 cm³/mol. The van der Waals surface area contributed by atoms with Crippen molar-refractivity contribution in [2.45, 2.75) is 6.10 Å². The maximum atomic E-state index is 9.38. The van der Waals surface area contributed by atoms with Crippen LogP contribution in [0, 0.1) is 0 Å². The number of nitrogens with zero attached hydrogens (tertiary/aromatic N) is 3. The van der Waals surface area contributed by atoms with E-state index in [0.717, 1.165) is 32.0 Å². The molecule has 5 heteroatoms. The van der Waals surface area contributed by atoms with Crippen molar-refractivity contribution in [3.63, 3.8) is 0 Å². The molecule has 0 radical (unpaired) electrons. The monoisotopic (exact) mass is 237 g/mol. The van der Waals surface area contributed by atoms with Crippen LogP contribution in [0.5, 0.6) is 0 Å². The van der Waals surface area contributed by atoms with Crippen molar-refractivity contribution < 1.29 is 10.2 Å². The number of hydrogen-bond donors (Lipinski definition) is 2. The second-order valence-electron chi connectivity index (χ2n) is 4.31. The van der Waals surface area contributed by atoms with E-state index in [0.29, 0.717) is 6.54 Å². The Morgan fingerprint density at radius 3 is 2.59 bits per heavy atom. The minimum atomic E-state index is -0.628. The summed E-state index contributed by atoms with van der Waals surface area (Å²) < 4.78 is 0. The van der Waals surface area contributed by atoms with Crippen molar-refractivity contribution in [2.24, 2.45) is 0 Å². The van der Waals surface area contributed by atoms with Crippen molar-refractivity contribution in [3.05, 3.63) is 24.4 Å². The topological polar surface area (TPSA) is 59.8 Å². The molecule has 1 saturated heterocycles. The van der Waals surface area contributed by atoms with Gasteiger partial charge in [0.1, 0.15) is 5.82 Å². The van der Waals surface area contributed by atoms with Gasteiger partial charge < -0.3 is 15.1 Å². The van der Waals surface area contributed by atoms with Crippen LogP contribution in [0.1, 0.15) is 0 Å². The first-order valence-corrected chi connectivity index (χ1v) is 5.97. The summed E-state index contributed by atoms with van der Waals surface area (Å²) in [6.45, 7) is 4.00. The molecule has 1 unspecified atom stereocenters. The van der Waals surface area contributed by atoms with Crippen molar-refractivity contribution in [2.75, 3.05) is 44.2 Å². The van der Waals surface area contributed by atoms with Gasteiger partial charge in [0.15, 0.2) is 0 Å². The first-order chi connectivity index (χ1) is 8.29. The van der Waals surface area contributed by atoms with E-state index >= 15 is 0 Å². The first-order valence-electron chi connectivity index (χ1n) is 5.97. The minimum Gasteiger partial charge on any atom is -0.394 e. The molecule has 0 aliphatic carbocycles. The normalized spacial score (nSPS) is 19.3. The molecular weight excluding hydrogens is 218 g/mol. The highest BCUT2D eigenvalue weighted by Crippen LogP contribution is 2.12. The summed E-state index contributed by atoms with van der Waals surface area (Å²) in [4.78, 5) is 8.73. The number of pyridine rings is 1. The predicted octanol–water partition coefficient (Wildman–Crippen LogP) is -0.443. The Hall–Kier alpha value is -1.17. The number of hydrogen-bond acceptors (Lipinski definition) is 5. The third kappa shape index (κ3) is 3.39. The van der Waals surface area contributed by atoms with E-state index in [1.807, 2.05) is 18.2 Å². The number of β-amino-alcohol motifs (C(OH)–C–C–N with tert-alkyl or cyclic N) is 1. The molecule has 0 aromatic carbocycles. The highest BCUT2D eigenvalue weighted by atomic mass is 16.3. The maximum Gasteiger partial charge on any atom is 0.128 e. The number of aliphatic hydroxyl groups is 2. The van der Waals surface area contributed by atoms with Crippen LogP contribution in [0.3, 0.4) is 0 Å². The van der Waals surface area contributed by atoms with E-state index in [1.54, 1.807) is 6.20 Å². The van der Waals surface area contributed by atoms with E-state index in [1.165, 1.54) is 0 Å². The molecule has 0 amide bonds. The number of piperazine rings is 1. The van der Waals surface area contributed by atoms with Crippen molar-refractivity contribution in [1.82, 2.24) is 9.88 Å². The van der Waals surface area contributed by atoms with Crippen LogP contribution in [0.25, 0.3) is 0 Å². The Morgan fingerprint density at radius 2 is 2.00 bits per heavy atom. The zero-order chi connectivity index (χ0) is 12.1. The molecule has 2 heterocycles. The van der Waals surface area contributed by atoms with E-state index in [-0.39, 0.29) is 6.61 Å². The molecule has 0 bridgehead atoms. The van der Waals surface area contributed by atoms with Gasteiger partial charge >= 0.3 is 0 Å². The minimum absolute atomic E-state index is 0.166. The number of anilines is 1. The quantitative estimate of drug-likeness (QED) is 0.743. The SMILES string of the molecule is OCC(O)CN1CCN(c2ccccn2)CC1. The second-order valence-corrected chi connectivity index (χ2v) is 4.31. The van der Waals surface area contributed by atoms with Crippen LogP contribution in [-0.4, -0.2) is 65.5 Å². The van der Waals surface area contributed by atoms with Crippen molar-refractivity contribution >= 4 is 5.82 Å². The molecule has 1 fully saturated rings. The molecule has 0 spiro atoms. The summed E-state index contributed by atoms with van der Waals surface area (Å²) in [6.07, 6.45) is 1.17. The fourth-order valence-electron chi connectivity index (χ4n) is 2.06. The Bertz CT molecular complexity index is 326. The number of aliphatic hydroxyl groups excluding tert-OH is 2. The van der Waals surface area contributed by atoms with Crippen LogP contribution >= 0.6 is 0 Å². The molecule has 94 valence electrons. The molecule has 1 aliphatic rings. The molecule has 2 rings (SSSR count). The summed E-state index contributed by atoms with van der Waals surface area (Å²) in [5.41, 5.74) is 0. The van der Waals surface area contributed by atoms with Gasteiger partial charge in [-0.15, -0.1) is 0 Å². The molecule has 2 N–H and O–H groups in total. The Morgan fingerprint density at radius 1 is 1.24 bits per heavy atom. The Balaban J connectivity index is 1.82. The van der Waals surface area contributed by atoms with Gasteiger partial charge in [-0.3, -0.25) is 4.90 Å². The van der Waals surface area contributed by atoms with Gasteiger partial charge in [0.25, 0.3) is 0 Å². The van der Waals surface area contributed by atoms with E-state index in [4.69, 9.17) is 5.11 Å². The van der Waals surface area contributed by atoms with Crippen LogP contribution in [0.15, 0.2) is 24.4 Å². The second kappa shape index (κ2) is 5.95. The molecule has 0 saturated carbocycles. The molecular formula is C12H19N3O2. The van der Waals surface area contributed by atoms with Crippen LogP contribution < -0.4 is 4.90 Å². The van der Waals surface area contributed by atoms with Gasteiger partial charge in [0.05, 0.1) is 12.7 Å². The standard InChI is InChI=1S/C12H19N3O2/c16-10-11(17)9-14-5-7-15(8-6-14)12-3-1-2-4-13-12/h1-4,11,16-17H,5-10H2. The first kappa shape index (κ1) is 12.3. The summed E-state index contributed by atoms with van der Waals surface area (Å²) in [5.74, 6) is 1.01. The van der Waals surface area contributed by atoms with Gasteiger partial charge in [-0.1, -0.05) is 6.07 Å². The third-order valence-corrected chi connectivity index (χ3v) is 3.03. The molecule has 1 atom stereocenters. The fraction of sp³-hybridized carbons (Fsp3) is 0.583. The van der Waals surface area contributed by atoms with Gasteiger partial charge in [0, 0.05) is 38.9 Å². The zero-order valence-electron chi connectivity index (χ0n) is 9.87. The lowest BCUT2D eigenvalue weighted by Crippen LogP contribution is -2.49. The van der Waals surface area contributed by atoms with E-state index < -0.39 is 6.10 Å². The molecule has 1 aliphatic heterocycles. The molecule has 1 aromatic heterocycles. The van der Waals surface area contributed by atoms with Crippen LogP contribution in [0.4, 0.5) is 5.82 Å². The Labute approximate surface area is 101 Å². The zero-order valence-corrected chi connectivity index (χ0v) is 9.87. The fourth-order valence-corrected chi connectivity index (χ4v) is 2.06. The molecule has 1 aromatic rings. The summed E-state index contributed by atoms with van der Waals surface area (Å²) in [7, 11) is 0. The third-order valence-electron chi connectivity index (χ3n) is 3.03. The largest absolute Gasteiger partial charge is 0.394 e. The maximum absolute atomic E-state index is 9.38. The van der Waals surface area contributed by atoms with Gasteiger partial charge in [-0.25, -0.2) is 4.98 Å². The number of rotatable bonds is 4. The molecule has 17 heavy (non-hydrogen) atoms. The van der Waals surface area contributed by atoms with Crippen LogP contribution in [-0.2, 0) is 0 Å². The van der Waals surface area contributed by atoms with E-state index in [9.17, 15) is 5.11 Å². The molecule has 5 nitrogen and oxygen atoms in total. The lowest BCUT2D eigenvalue weighted by molar-refractivity contribution is 0.0574. The smallest absolute Gasteiger partial charge is 0.128 e. The van der Waals surface area contributed by atoms with Gasteiger partial charge in [0.2, 0.25) is 0 Å². The lowest BCUT2D eigenvalue weighted by atomic mass is 10.2. The van der Waals surface area contributed by atoms with Crippen molar-refractivity contribution in [3.8, 4) is 0 Å². The average Bonchev–Trinajstić information content (AvgIpc) is 2.40.